The van der Waals surface area contributed by atoms with Gasteiger partial charge in [-0.05, 0) is 12.8 Å². The van der Waals surface area contributed by atoms with E-state index in [2.05, 4.69) is 6.92 Å². The molecule has 0 bridgehead atoms. The number of carbonyl (C=O) groups is 1. The van der Waals surface area contributed by atoms with Crippen LogP contribution in [0.5, 0.6) is 0 Å². The van der Waals surface area contributed by atoms with Crippen LogP contribution in [-0.2, 0) is 9.53 Å². The van der Waals surface area contributed by atoms with Crippen molar-refractivity contribution in [3.63, 3.8) is 0 Å². The maximum Gasteiger partial charge on any atom is 0.308 e. The van der Waals surface area contributed by atoms with Crippen molar-refractivity contribution < 1.29 is 14.6 Å². The van der Waals surface area contributed by atoms with Crippen LogP contribution in [0, 0.1) is 0 Å². The van der Waals surface area contributed by atoms with Gasteiger partial charge in [-0.25, -0.2) is 0 Å². The molecule has 0 aliphatic rings. The molecule has 1 N–H and O–H groups in total. The number of ether oxygens (including phenoxy) is 1. The van der Waals surface area contributed by atoms with E-state index in [1.807, 2.05) is 6.92 Å². The summed E-state index contributed by atoms with van der Waals surface area (Å²) in [6, 6.07) is 0. The predicted molar refractivity (Wildman–Crippen MR) is 51.4 cm³/mol. The largest absolute Gasteiger partial charge is 0.466 e. The van der Waals surface area contributed by atoms with Gasteiger partial charge >= 0.3 is 5.97 Å². The van der Waals surface area contributed by atoms with Gasteiger partial charge in [0.05, 0.1) is 19.1 Å². The summed E-state index contributed by atoms with van der Waals surface area (Å²) in [6.45, 7) is 4.46. The van der Waals surface area contributed by atoms with Gasteiger partial charge in [-0.3, -0.25) is 4.79 Å². The van der Waals surface area contributed by atoms with Gasteiger partial charge in [-0.15, -0.1) is 0 Å². The topological polar surface area (TPSA) is 46.5 Å². The molecule has 0 radical (unpaired) electrons. The van der Waals surface area contributed by atoms with Crippen LogP contribution < -0.4 is 0 Å². The lowest BCUT2D eigenvalue weighted by Gasteiger charge is -2.08. The average Bonchev–Trinajstić information content (AvgIpc) is 2.11. The first-order valence-electron chi connectivity index (χ1n) is 5.04. The van der Waals surface area contributed by atoms with Gasteiger partial charge in [-0.1, -0.05) is 26.7 Å². The summed E-state index contributed by atoms with van der Waals surface area (Å²) in [6.07, 6.45) is 3.14. The molecule has 78 valence electrons. The number of aliphatic hydroxyl groups excluding tert-OH is 1. The van der Waals surface area contributed by atoms with Crippen molar-refractivity contribution in [3.8, 4) is 0 Å². The molecule has 0 spiro atoms. The van der Waals surface area contributed by atoms with Crippen molar-refractivity contribution in [3.05, 3.63) is 0 Å². The average molecular weight is 188 g/mol. The standard InChI is InChI=1S/C10H20O3/c1-3-5-6-9(11)8-10(12)13-7-4-2/h9,11H,3-8H2,1-2H3. The highest BCUT2D eigenvalue weighted by Crippen LogP contribution is 2.05. The molecule has 0 fully saturated rings. The van der Waals surface area contributed by atoms with Gasteiger partial charge in [0.15, 0.2) is 0 Å². The van der Waals surface area contributed by atoms with Crippen molar-refractivity contribution in [2.75, 3.05) is 6.61 Å². The predicted octanol–water partition coefficient (Wildman–Crippen LogP) is 1.88. The Kier molecular flexibility index (Phi) is 7.69. The fourth-order valence-corrected chi connectivity index (χ4v) is 1.01. The van der Waals surface area contributed by atoms with E-state index in [1.54, 1.807) is 0 Å². The van der Waals surface area contributed by atoms with Crippen LogP contribution in [-0.4, -0.2) is 23.8 Å². The molecule has 0 heterocycles. The molecule has 0 saturated carbocycles. The second kappa shape index (κ2) is 8.05. The zero-order valence-electron chi connectivity index (χ0n) is 8.58. The van der Waals surface area contributed by atoms with Crippen molar-refractivity contribution in [2.45, 2.75) is 52.1 Å². The minimum absolute atomic E-state index is 0.139. The van der Waals surface area contributed by atoms with Crippen LogP contribution >= 0.6 is 0 Å². The van der Waals surface area contributed by atoms with Crippen molar-refractivity contribution in [1.82, 2.24) is 0 Å². The highest BCUT2D eigenvalue weighted by atomic mass is 16.5. The Bertz CT molecular complexity index is 134. The van der Waals surface area contributed by atoms with Gasteiger partial charge in [-0.2, -0.15) is 0 Å². The van der Waals surface area contributed by atoms with E-state index in [1.165, 1.54) is 0 Å². The number of esters is 1. The quantitative estimate of drug-likeness (QED) is 0.620. The third kappa shape index (κ3) is 7.78. The number of carbonyl (C=O) groups excluding carboxylic acids is 1. The van der Waals surface area contributed by atoms with Crippen LogP contribution in [0.4, 0.5) is 0 Å². The lowest BCUT2D eigenvalue weighted by Crippen LogP contribution is -2.15. The van der Waals surface area contributed by atoms with Gasteiger partial charge in [0.2, 0.25) is 0 Å². The van der Waals surface area contributed by atoms with Crippen molar-refractivity contribution >= 4 is 5.97 Å². The minimum atomic E-state index is -0.524. The van der Waals surface area contributed by atoms with Crippen molar-refractivity contribution in [1.29, 1.82) is 0 Å². The number of hydrogen-bond acceptors (Lipinski definition) is 3. The molecule has 13 heavy (non-hydrogen) atoms. The van der Waals surface area contributed by atoms with E-state index in [0.717, 1.165) is 19.3 Å². The molecule has 1 unspecified atom stereocenters. The molecule has 3 nitrogen and oxygen atoms in total. The SMILES string of the molecule is CCCCC(O)CC(=O)OCCC. The summed E-state index contributed by atoms with van der Waals surface area (Å²) in [5.41, 5.74) is 0. The number of aliphatic hydroxyl groups is 1. The van der Waals surface area contributed by atoms with E-state index in [9.17, 15) is 9.90 Å². The Balaban J connectivity index is 3.41. The molecule has 0 rings (SSSR count). The van der Waals surface area contributed by atoms with Gasteiger partial charge in [0.1, 0.15) is 0 Å². The Hall–Kier alpha value is -0.570. The van der Waals surface area contributed by atoms with Crippen LogP contribution in [0.25, 0.3) is 0 Å². The summed E-state index contributed by atoms with van der Waals surface area (Å²) in [7, 11) is 0. The third-order valence-corrected chi connectivity index (χ3v) is 1.76. The summed E-state index contributed by atoms with van der Waals surface area (Å²) in [4.78, 5) is 11.0. The second-order valence-corrected chi connectivity index (χ2v) is 3.22. The molecule has 0 aliphatic heterocycles. The summed E-state index contributed by atoms with van der Waals surface area (Å²) < 4.78 is 4.84. The van der Waals surface area contributed by atoms with Crippen LogP contribution in [0.3, 0.4) is 0 Å². The first-order chi connectivity index (χ1) is 6.20. The molecule has 0 amide bonds. The van der Waals surface area contributed by atoms with E-state index < -0.39 is 6.10 Å². The highest BCUT2D eigenvalue weighted by molar-refractivity contribution is 5.69. The summed E-state index contributed by atoms with van der Waals surface area (Å²) >= 11 is 0. The van der Waals surface area contributed by atoms with Gasteiger partial charge in [0, 0.05) is 0 Å². The van der Waals surface area contributed by atoms with E-state index in [0.29, 0.717) is 13.0 Å². The number of rotatable bonds is 7. The maximum atomic E-state index is 11.0. The molecule has 3 heteroatoms. The molecule has 1 atom stereocenters. The third-order valence-electron chi connectivity index (χ3n) is 1.76. The van der Waals surface area contributed by atoms with E-state index in [4.69, 9.17) is 4.74 Å². The van der Waals surface area contributed by atoms with Gasteiger partial charge in [0.25, 0.3) is 0 Å². The first-order valence-corrected chi connectivity index (χ1v) is 5.04. The van der Waals surface area contributed by atoms with Crippen molar-refractivity contribution in [2.24, 2.45) is 0 Å². The fraction of sp³-hybridized carbons (Fsp3) is 0.900. The highest BCUT2D eigenvalue weighted by Gasteiger charge is 2.10. The smallest absolute Gasteiger partial charge is 0.308 e. The minimum Gasteiger partial charge on any atom is -0.466 e. The molecule has 0 aromatic rings. The Labute approximate surface area is 80.1 Å². The number of unbranched alkanes of at least 4 members (excludes halogenated alkanes) is 1. The zero-order valence-corrected chi connectivity index (χ0v) is 8.58. The summed E-state index contributed by atoms with van der Waals surface area (Å²) in [5, 5.41) is 9.35. The first kappa shape index (κ1) is 12.4. The molecular formula is C10H20O3. The fourth-order valence-electron chi connectivity index (χ4n) is 1.01. The lowest BCUT2D eigenvalue weighted by molar-refractivity contribution is -0.145. The van der Waals surface area contributed by atoms with Crippen LogP contribution in [0.2, 0.25) is 0 Å². The molecule has 0 aromatic heterocycles. The molecule has 0 aliphatic carbocycles. The molecule has 0 saturated heterocycles. The maximum absolute atomic E-state index is 11.0. The monoisotopic (exact) mass is 188 g/mol. The molecule has 0 aromatic carbocycles. The molecular weight excluding hydrogens is 168 g/mol. The van der Waals surface area contributed by atoms with Crippen LogP contribution in [0.1, 0.15) is 46.0 Å². The van der Waals surface area contributed by atoms with Crippen LogP contribution in [0.15, 0.2) is 0 Å². The van der Waals surface area contributed by atoms with E-state index >= 15 is 0 Å². The second-order valence-electron chi connectivity index (χ2n) is 3.22. The number of hydrogen-bond donors (Lipinski definition) is 1. The van der Waals surface area contributed by atoms with E-state index in [-0.39, 0.29) is 12.4 Å². The lowest BCUT2D eigenvalue weighted by atomic mass is 10.1. The Morgan fingerprint density at radius 2 is 2.08 bits per heavy atom. The summed E-state index contributed by atoms with van der Waals surface area (Å²) in [5.74, 6) is -0.287. The Morgan fingerprint density at radius 1 is 1.38 bits per heavy atom. The Morgan fingerprint density at radius 3 is 2.62 bits per heavy atom. The van der Waals surface area contributed by atoms with Gasteiger partial charge < -0.3 is 9.84 Å². The zero-order chi connectivity index (χ0) is 10.1. The normalized spacial score (nSPS) is 12.5.